The van der Waals surface area contributed by atoms with Crippen LogP contribution in [0.1, 0.15) is 27.0 Å². The van der Waals surface area contributed by atoms with Crippen molar-refractivity contribution in [3.63, 3.8) is 0 Å². The monoisotopic (exact) mass is 663 g/mol. The Kier molecular flexibility index (Phi) is 9.61. The number of hydrogen-bond acceptors (Lipinski definition) is 10. The van der Waals surface area contributed by atoms with Gasteiger partial charge in [-0.3, -0.25) is 9.36 Å². The highest BCUT2D eigenvalue weighted by Gasteiger charge is 2.62. The molecule has 2 heterocycles. The average Bonchev–Trinajstić information content (AvgIpc) is 3.43. The molecule has 1 saturated heterocycles. The summed E-state index contributed by atoms with van der Waals surface area (Å²) in [6.07, 6.45) is -2.62. The molecule has 0 unspecified atom stereocenters. The maximum atomic E-state index is 14.5. The van der Waals surface area contributed by atoms with Gasteiger partial charge in [-0.25, -0.2) is 4.79 Å². The van der Waals surface area contributed by atoms with Crippen molar-refractivity contribution in [2.24, 2.45) is 0 Å². The molecule has 1 aromatic heterocycles. The van der Waals surface area contributed by atoms with Gasteiger partial charge < -0.3 is 34.5 Å². The van der Waals surface area contributed by atoms with Crippen LogP contribution >= 0.6 is 0 Å². The predicted molar refractivity (Wildman–Crippen MR) is 182 cm³/mol. The minimum atomic E-state index is -2.16. The highest BCUT2D eigenvalue weighted by atomic mass is 16.6. The number of nitrogens with two attached hydrogens (primary N) is 1. The van der Waals surface area contributed by atoms with Gasteiger partial charge in [0.25, 0.3) is 0 Å². The van der Waals surface area contributed by atoms with Crippen molar-refractivity contribution in [1.82, 2.24) is 9.55 Å². The predicted octanol–water partition coefficient (Wildman–Crippen LogP) is 4.16. The summed E-state index contributed by atoms with van der Waals surface area (Å²) in [7, 11) is 4.52. The number of carbonyl (C=O) groups excluding carboxylic acids is 1. The van der Waals surface area contributed by atoms with E-state index in [1.165, 1.54) is 19.4 Å². The van der Waals surface area contributed by atoms with Gasteiger partial charge in [0, 0.05) is 18.9 Å². The van der Waals surface area contributed by atoms with Gasteiger partial charge in [-0.2, -0.15) is 4.98 Å². The minimum absolute atomic E-state index is 0.0393. The number of ketones is 1. The molecule has 11 heteroatoms. The summed E-state index contributed by atoms with van der Waals surface area (Å²) < 4.78 is 31.3. The Morgan fingerprint density at radius 1 is 0.837 bits per heavy atom. The molecule has 5 aromatic rings. The summed E-state index contributed by atoms with van der Waals surface area (Å²) in [5.74, 6) is 0.659. The first kappa shape index (κ1) is 33.6. The lowest BCUT2D eigenvalue weighted by Crippen LogP contribution is -2.56. The molecule has 11 nitrogen and oxygen atoms in total. The maximum absolute atomic E-state index is 14.5. The largest absolute Gasteiger partial charge is 0.497 e. The second kappa shape index (κ2) is 14.0. The van der Waals surface area contributed by atoms with Crippen LogP contribution in [0.2, 0.25) is 0 Å². The number of aliphatic hydroxyl groups is 1. The number of carbonyl (C=O) groups is 1. The van der Waals surface area contributed by atoms with Gasteiger partial charge in [-0.15, -0.1) is 0 Å². The van der Waals surface area contributed by atoms with Gasteiger partial charge in [-0.1, -0.05) is 84.9 Å². The fourth-order valence-corrected chi connectivity index (χ4v) is 6.46. The molecule has 0 amide bonds. The minimum Gasteiger partial charge on any atom is -0.497 e. The summed E-state index contributed by atoms with van der Waals surface area (Å²) in [5, 5.41) is 11.9. The molecule has 49 heavy (non-hydrogen) atoms. The van der Waals surface area contributed by atoms with Gasteiger partial charge in [0.05, 0.1) is 20.8 Å². The van der Waals surface area contributed by atoms with Crippen molar-refractivity contribution >= 4 is 11.6 Å². The highest BCUT2D eigenvalue weighted by molar-refractivity contribution is 6.01. The Morgan fingerprint density at radius 2 is 1.37 bits per heavy atom. The summed E-state index contributed by atoms with van der Waals surface area (Å²) in [4.78, 5) is 31.7. The molecule has 6 rings (SSSR count). The number of aliphatic hydroxyl groups excluding tert-OH is 1. The lowest BCUT2D eigenvalue weighted by molar-refractivity contribution is -0.138. The Balaban J connectivity index is 1.49. The Morgan fingerprint density at radius 3 is 1.88 bits per heavy atom. The van der Waals surface area contributed by atoms with Crippen molar-refractivity contribution in [1.29, 1.82) is 0 Å². The van der Waals surface area contributed by atoms with E-state index in [-0.39, 0.29) is 18.0 Å². The summed E-state index contributed by atoms with van der Waals surface area (Å²) in [6, 6.07) is 34.3. The zero-order valence-electron chi connectivity index (χ0n) is 27.3. The zero-order chi connectivity index (χ0) is 34.6. The van der Waals surface area contributed by atoms with Gasteiger partial charge in [-0.05, 0) is 47.0 Å². The van der Waals surface area contributed by atoms with Gasteiger partial charge >= 0.3 is 5.69 Å². The van der Waals surface area contributed by atoms with Gasteiger partial charge in [0.2, 0.25) is 11.5 Å². The molecule has 0 spiro atoms. The number of nitrogens with zero attached hydrogens (tertiary/aromatic N) is 2. The van der Waals surface area contributed by atoms with Crippen molar-refractivity contribution in [2.45, 2.75) is 29.6 Å². The summed E-state index contributed by atoms with van der Waals surface area (Å²) in [5.41, 5.74) is 4.08. The second-order valence-corrected chi connectivity index (χ2v) is 11.5. The Hall–Kier alpha value is -5.33. The van der Waals surface area contributed by atoms with Gasteiger partial charge in [0.15, 0.2) is 0 Å². The van der Waals surface area contributed by atoms with Crippen LogP contribution in [0.5, 0.6) is 11.5 Å². The van der Waals surface area contributed by atoms with Crippen molar-refractivity contribution in [3.8, 4) is 11.5 Å². The van der Waals surface area contributed by atoms with Crippen LogP contribution in [0.25, 0.3) is 0 Å². The molecule has 0 aliphatic carbocycles. The number of ether oxygens (including phenoxy) is 5. The molecule has 0 bridgehead atoms. The molecule has 4 aromatic carbocycles. The summed E-state index contributed by atoms with van der Waals surface area (Å²) >= 11 is 0. The molecule has 1 aliphatic heterocycles. The second-order valence-electron chi connectivity index (χ2n) is 11.5. The number of hydrogen-bond donors (Lipinski definition) is 2. The maximum Gasteiger partial charge on any atom is 0.352 e. The topological polar surface area (TPSA) is 144 Å². The Labute approximate surface area is 283 Å². The molecule has 0 saturated carbocycles. The van der Waals surface area contributed by atoms with E-state index < -0.39 is 41.1 Å². The number of benzene rings is 4. The van der Waals surface area contributed by atoms with E-state index in [0.717, 1.165) is 21.3 Å². The molecule has 252 valence electrons. The van der Waals surface area contributed by atoms with Gasteiger partial charge in [0.1, 0.15) is 41.2 Å². The lowest BCUT2D eigenvalue weighted by Gasteiger charge is -2.37. The fraction of sp³-hybridized carbons (Fsp3) is 0.237. The number of aromatic nitrogens is 2. The van der Waals surface area contributed by atoms with E-state index in [2.05, 4.69) is 4.98 Å². The number of anilines is 1. The summed E-state index contributed by atoms with van der Waals surface area (Å²) in [6.45, 7) is -0.241. The quantitative estimate of drug-likeness (QED) is 0.148. The van der Waals surface area contributed by atoms with Crippen LogP contribution in [0.4, 0.5) is 5.82 Å². The van der Waals surface area contributed by atoms with E-state index in [0.29, 0.717) is 11.5 Å². The van der Waals surface area contributed by atoms with Crippen molar-refractivity contribution in [3.05, 3.63) is 154 Å². The van der Waals surface area contributed by atoms with Crippen molar-refractivity contribution in [2.75, 3.05) is 33.7 Å². The van der Waals surface area contributed by atoms with Crippen LogP contribution in [0.3, 0.4) is 0 Å². The number of methoxy groups -OCH3 is 3. The normalized spacial score (nSPS) is 20.5. The van der Waals surface area contributed by atoms with Crippen LogP contribution in [-0.4, -0.2) is 66.7 Å². The third-order valence-electron chi connectivity index (χ3n) is 8.84. The van der Waals surface area contributed by atoms with E-state index in [9.17, 15) is 14.7 Å². The molecular weight excluding hydrogens is 626 g/mol. The lowest BCUT2D eigenvalue weighted by atomic mass is 9.80. The first-order chi connectivity index (χ1) is 23.8. The van der Waals surface area contributed by atoms with Crippen LogP contribution in [0, 0.1) is 0 Å². The Bertz CT molecular complexity index is 1890. The van der Waals surface area contributed by atoms with E-state index in [1.54, 1.807) is 44.6 Å². The van der Waals surface area contributed by atoms with Crippen LogP contribution in [0.15, 0.2) is 126 Å². The molecule has 1 aliphatic rings. The average molecular weight is 664 g/mol. The number of nitrogen functional groups attached to an aromatic ring is 1. The van der Waals surface area contributed by atoms with E-state index >= 15 is 0 Å². The van der Waals surface area contributed by atoms with Crippen LogP contribution < -0.4 is 20.9 Å². The molecule has 3 N–H and O–H groups in total. The SMILES string of the molecule is COc1ccc(C(OC[C@H]2O[C@@](C(=O)c3ccccc3)(n3ccc(N)nc3=O)[C@H](OC)[C@@H]2O)(c2ccccc2)c2ccc(OC)cc2)cc1. The van der Waals surface area contributed by atoms with E-state index in [4.69, 9.17) is 29.4 Å². The third kappa shape index (κ3) is 5.98. The van der Waals surface area contributed by atoms with Crippen molar-refractivity contribution < 1.29 is 33.6 Å². The first-order valence-corrected chi connectivity index (χ1v) is 15.6. The zero-order valence-corrected chi connectivity index (χ0v) is 27.3. The number of rotatable bonds is 12. The molecule has 1 fully saturated rings. The standard InChI is InChI=1S/C38H37N3O8/c1-45-29-18-14-27(15-19-29)37(26-12-8-5-9-13-26,28-16-20-30(46-2)21-17-28)48-24-31-33(42)35(47-3)38(49-31,34(43)25-10-6-4-7-11-25)41-23-22-32(39)40-36(41)44/h4-23,31,33,35,42H,24H2,1-3H3,(H2,39,40,44)/t31-,33-,35-,38-/m1/s1. The smallest absolute Gasteiger partial charge is 0.352 e. The fourth-order valence-electron chi connectivity index (χ4n) is 6.46. The number of Topliss-reactive ketones (excluding diaryl/α,β-unsaturated/α-hetero) is 1. The van der Waals surface area contributed by atoms with Crippen LogP contribution in [-0.2, 0) is 25.5 Å². The molecular formula is C38H37N3O8. The first-order valence-electron chi connectivity index (χ1n) is 15.6. The molecule has 4 atom stereocenters. The third-order valence-corrected chi connectivity index (χ3v) is 8.84. The van der Waals surface area contributed by atoms with E-state index in [1.807, 2.05) is 78.9 Å². The molecule has 0 radical (unpaired) electrons. The highest BCUT2D eigenvalue weighted by Crippen LogP contribution is 2.44.